The lowest BCUT2D eigenvalue weighted by atomic mass is 10.1. The van der Waals surface area contributed by atoms with Gasteiger partial charge >= 0.3 is 0 Å². The minimum Gasteiger partial charge on any atom is -0.480 e. The summed E-state index contributed by atoms with van der Waals surface area (Å²) in [5.41, 5.74) is 0. The zero-order valence-electron chi connectivity index (χ0n) is 13.0. The Hall–Kier alpha value is -1.98. The number of ether oxygens (including phenoxy) is 1. The number of hydrogen-bond donors (Lipinski definition) is 2. The van der Waals surface area contributed by atoms with Crippen molar-refractivity contribution in [2.45, 2.75) is 26.0 Å². The zero-order valence-corrected chi connectivity index (χ0v) is 13.8. The van der Waals surface area contributed by atoms with Crippen LogP contribution >= 0.6 is 11.6 Å². The molecule has 0 spiro atoms. The summed E-state index contributed by atoms with van der Waals surface area (Å²) in [4.78, 5) is 12.5. The number of nitrogens with one attached hydrogen (secondary N) is 1. The minimum absolute atomic E-state index is 0.0649. The molecular formula is C17H20ClNO4. The van der Waals surface area contributed by atoms with Gasteiger partial charge in [-0.2, -0.15) is 0 Å². The van der Waals surface area contributed by atoms with E-state index in [0.717, 1.165) is 0 Å². The maximum atomic E-state index is 12.5. The van der Waals surface area contributed by atoms with Crippen molar-refractivity contribution in [3.63, 3.8) is 0 Å². The fourth-order valence-corrected chi connectivity index (χ4v) is 2.31. The summed E-state index contributed by atoms with van der Waals surface area (Å²) in [5.74, 6) is 0.622. The third-order valence-corrected chi connectivity index (χ3v) is 3.54. The van der Waals surface area contributed by atoms with E-state index in [2.05, 4.69) is 5.32 Å². The highest BCUT2D eigenvalue weighted by Gasteiger charge is 2.27. The van der Waals surface area contributed by atoms with Crippen LogP contribution in [0.5, 0.6) is 5.75 Å². The quantitative estimate of drug-likeness (QED) is 0.814. The molecule has 1 amide bonds. The van der Waals surface area contributed by atoms with E-state index in [-0.39, 0.29) is 18.4 Å². The molecule has 124 valence electrons. The predicted molar refractivity (Wildman–Crippen MR) is 87.4 cm³/mol. The molecule has 0 fully saturated rings. The van der Waals surface area contributed by atoms with Crippen molar-refractivity contribution in [3.05, 3.63) is 53.4 Å². The molecule has 0 bridgehead atoms. The molecule has 5 nitrogen and oxygen atoms in total. The lowest BCUT2D eigenvalue weighted by Crippen LogP contribution is -2.44. The molecule has 2 unspecified atom stereocenters. The number of aliphatic hydroxyl groups excluding tert-OH is 1. The summed E-state index contributed by atoms with van der Waals surface area (Å²) >= 11 is 5.94. The van der Waals surface area contributed by atoms with Gasteiger partial charge in [0.05, 0.1) is 12.9 Å². The third-order valence-electron chi connectivity index (χ3n) is 3.31. The predicted octanol–water partition coefficient (Wildman–Crippen LogP) is 3.19. The van der Waals surface area contributed by atoms with Crippen LogP contribution in [0.4, 0.5) is 0 Å². The van der Waals surface area contributed by atoms with Gasteiger partial charge in [-0.3, -0.25) is 4.79 Å². The van der Waals surface area contributed by atoms with Crippen LogP contribution in [-0.4, -0.2) is 23.7 Å². The fourth-order valence-electron chi connectivity index (χ4n) is 2.13. The van der Waals surface area contributed by atoms with Gasteiger partial charge < -0.3 is 19.6 Å². The number of aliphatic hydroxyl groups is 1. The molecule has 1 heterocycles. The number of halogens is 1. The van der Waals surface area contributed by atoms with Gasteiger partial charge in [0.15, 0.2) is 6.10 Å². The van der Waals surface area contributed by atoms with Crippen LogP contribution in [0.2, 0.25) is 5.02 Å². The molecule has 0 radical (unpaired) electrons. The molecule has 6 heteroatoms. The van der Waals surface area contributed by atoms with Gasteiger partial charge in [0.1, 0.15) is 17.6 Å². The Morgan fingerprint density at radius 3 is 2.70 bits per heavy atom. The van der Waals surface area contributed by atoms with Crippen molar-refractivity contribution in [1.82, 2.24) is 5.32 Å². The van der Waals surface area contributed by atoms with Crippen LogP contribution in [0.15, 0.2) is 47.1 Å². The third kappa shape index (κ3) is 4.74. The van der Waals surface area contributed by atoms with Gasteiger partial charge in [-0.05, 0) is 36.2 Å². The van der Waals surface area contributed by atoms with Crippen LogP contribution in [0, 0.1) is 5.92 Å². The van der Waals surface area contributed by atoms with Gasteiger partial charge in [-0.15, -0.1) is 0 Å². The van der Waals surface area contributed by atoms with E-state index >= 15 is 0 Å². The van der Waals surface area contributed by atoms with Crippen molar-refractivity contribution < 1.29 is 19.1 Å². The molecule has 23 heavy (non-hydrogen) atoms. The van der Waals surface area contributed by atoms with E-state index < -0.39 is 12.1 Å². The largest absolute Gasteiger partial charge is 0.480 e. The van der Waals surface area contributed by atoms with E-state index in [0.29, 0.717) is 16.5 Å². The van der Waals surface area contributed by atoms with Crippen molar-refractivity contribution in [2.24, 2.45) is 5.92 Å². The molecule has 1 aromatic carbocycles. The monoisotopic (exact) mass is 337 g/mol. The van der Waals surface area contributed by atoms with Crippen molar-refractivity contribution in [3.8, 4) is 5.75 Å². The second kappa shape index (κ2) is 8.04. The molecular weight excluding hydrogens is 318 g/mol. The summed E-state index contributed by atoms with van der Waals surface area (Å²) in [5, 5.41) is 12.7. The molecule has 0 aliphatic heterocycles. The van der Waals surface area contributed by atoms with Gasteiger partial charge in [0.2, 0.25) is 0 Å². The smallest absolute Gasteiger partial charge is 0.262 e. The van der Waals surface area contributed by atoms with E-state index in [1.165, 1.54) is 6.26 Å². The first-order valence-electron chi connectivity index (χ1n) is 7.38. The molecule has 2 atom stereocenters. The van der Waals surface area contributed by atoms with Crippen LogP contribution in [0.1, 0.15) is 25.6 Å². The van der Waals surface area contributed by atoms with Crippen LogP contribution in [0.3, 0.4) is 0 Å². The van der Waals surface area contributed by atoms with E-state index in [1.54, 1.807) is 36.4 Å². The highest BCUT2D eigenvalue weighted by molar-refractivity contribution is 6.30. The van der Waals surface area contributed by atoms with Crippen molar-refractivity contribution in [1.29, 1.82) is 0 Å². The van der Waals surface area contributed by atoms with Crippen molar-refractivity contribution in [2.75, 3.05) is 6.61 Å². The normalized spacial score (nSPS) is 13.6. The van der Waals surface area contributed by atoms with Gasteiger partial charge in [-0.1, -0.05) is 31.5 Å². The number of carbonyl (C=O) groups excluding carboxylic acids is 1. The SMILES string of the molecule is CC(C)C(Oc1cccc(Cl)c1)C(=O)NC(CO)c1ccco1. The number of benzene rings is 1. The molecule has 2 N–H and O–H groups in total. The Bertz CT molecular complexity index is 627. The molecule has 0 aliphatic carbocycles. The number of rotatable bonds is 7. The van der Waals surface area contributed by atoms with E-state index in [9.17, 15) is 9.90 Å². The van der Waals surface area contributed by atoms with Gasteiger partial charge in [0.25, 0.3) is 5.91 Å². The Balaban J connectivity index is 2.09. The Morgan fingerprint density at radius 2 is 2.13 bits per heavy atom. The molecule has 2 rings (SSSR count). The second-order valence-electron chi connectivity index (χ2n) is 5.50. The highest BCUT2D eigenvalue weighted by Crippen LogP contribution is 2.21. The topological polar surface area (TPSA) is 71.7 Å². The maximum absolute atomic E-state index is 12.5. The first kappa shape index (κ1) is 17.4. The summed E-state index contributed by atoms with van der Waals surface area (Å²) in [6.07, 6.45) is 0.782. The molecule has 0 aliphatic rings. The first-order chi connectivity index (χ1) is 11.0. The molecule has 0 saturated carbocycles. The van der Waals surface area contributed by atoms with E-state index in [4.69, 9.17) is 20.8 Å². The highest BCUT2D eigenvalue weighted by atomic mass is 35.5. The molecule has 1 aromatic heterocycles. The summed E-state index contributed by atoms with van der Waals surface area (Å²) in [6, 6.07) is 9.67. The fraction of sp³-hybridized carbons (Fsp3) is 0.353. The number of hydrogen-bond acceptors (Lipinski definition) is 4. The zero-order chi connectivity index (χ0) is 16.8. The van der Waals surface area contributed by atoms with Crippen molar-refractivity contribution >= 4 is 17.5 Å². The van der Waals surface area contributed by atoms with Crippen LogP contribution in [-0.2, 0) is 4.79 Å². The Morgan fingerprint density at radius 1 is 1.35 bits per heavy atom. The lowest BCUT2D eigenvalue weighted by Gasteiger charge is -2.24. The van der Waals surface area contributed by atoms with E-state index in [1.807, 2.05) is 13.8 Å². The standard InChI is InChI=1S/C17H20ClNO4/c1-11(2)16(23-13-6-3-5-12(18)9-13)17(21)19-14(10-20)15-7-4-8-22-15/h3-9,11,14,16,20H,10H2,1-2H3,(H,19,21). The van der Waals surface area contributed by atoms with Gasteiger partial charge in [0, 0.05) is 5.02 Å². The van der Waals surface area contributed by atoms with Crippen LogP contribution in [0.25, 0.3) is 0 Å². The lowest BCUT2D eigenvalue weighted by molar-refractivity contribution is -0.131. The number of amides is 1. The second-order valence-corrected chi connectivity index (χ2v) is 5.94. The average Bonchev–Trinajstić information content (AvgIpc) is 3.04. The Kier molecular flexibility index (Phi) is 6.07. The van der Waals surface area contributed by atoms with Gasteiger partial charge in [-0.25, -0.2) is 0 Å². The molecule has 0 saturated heterocycles. The molecule has 2 aromatic rings. The number of carbonyl (C=O) groups is 1. The summed E-state index contributed by atoms with van der Waals surface area (Å²) in [6.45, 7) is 3.51. The summed E-state index contributed by atoms with van der Waals surface area (Å²) < 4.78 is 11.0. The van der Waals surface area contributed by atoms with Crippen LogP contribution < -0.4 is 10.1 Å². The number of furan rings is 1. The average molecular weight is 338 g/mol. The Labute approximate surface area is 140 Å². The summed E-state index contributed by atoms with van der Waals surface area (Å²) in [7, 11) is 0. The minimum atomic E-state index is -0.711. The maximum Gasteiger partial charge on any atom is 0.262 e. The first-order valence-corrected chi connectivity index (χ1v) is 7.76.